The van der Waals surface area contributed by atoms with Crippen LogP contribution in [-0.2, 0) is 0 Å². The molecule has 1 aromatic heterocycles. The van der Waals surface area contributed by atoms with Crippen LogP contribution in [-0.4, -0.2) is 17.7 Å². The predicted molar refractivity (Wildman–Crippen MR) is 128 cm³/mol. The number of hydrogen-bond donors (Lipinski definition) is 1. The minimum Gasteiger partial charge on any atom is -0.335 e. The quantitative estimate of drug-likeness (QED) is 0.293. The number of nitrogens with zero attached hydrogens (tertiary/aromatic N) is 3. The van der Waals surface area contributed by atoms with Gasteiger partial charge in [-0.05, 0) is 37.3 Å². The third-order valence-electron chi connectivity index (χ3n) is 5.16. The SMILES string of the molecule is CCN1/C(=C/c2c(N/N=C/c3ccc4ccccc4n3)c(=O)c2=O)Sc2ccccc21. The minimum atomic E-state index is -0.556. The summed E-state index contributed by atoms with van der Waals surface area (Å²) >= 11 is 1.59. The van der Waals surface area contributed by atoms with Crippen molar-refractivity contribution in [2.45, 2.75) is 11.8 Å². The topological polar surface area (TPSA) is 74.7 Å². The second kappa shape index (κ2) is 7.85. The van der Waals surface area contributed by atoms with Crippen LogP contribution in [0, 0.1) is 0 Å². The molecule has 7 heteroatoms. The van der Waals surface area contributed by atoms with Crippen molar-refractivity contribution in [3.63, 3.8) is 0 Å². The second-order valence-electron chi connectivity index (χ2n) is 7.04. The number of hydrogen-bond acceptors (Lipinski definition) is 7. The highest BCUT2D eigenvalue weighted by molar-refractivity contribution is 8.03. The molecule has 0 amide bonds. The molecule has 0 saturated heterocycles. The van der Waals surface area contributed by atoms with Gasteiger partial charge in [-0.3, -0.25) is 15.0 Å². The Morgan fingerprint density at radius 3 is 2.71 bits per heavy atom. The lowest BCUT2D eigenvalue weighted by molar-refractivity contribution is 1.01. The van der Waals surface area contributed by atoms with Crippen molar-refractivity contribution >= 4 is 46.3 Å². The van der Waals surface area contributed by atoms with Crippen molar-refractivity contribution in [1.82, 2.24) is 4.98 Å². The van der Waals surface area contributed by atoms with Gasteiger partial charge < -0.3 is 4.90 Å². The summed E-state index contributed by atoms with van der Waals surface area (Å²) in [5, 5.41) is 6.10. The van der Waals surface area contributed by atoms with Gasteiger partial charge in [0, 0.05) is 16.8 Å². The molecule has 4 aromatic rings. The normalized spacial score (nSPS) is 14.7. The Hall–Kier alpha value is -3.71. The number of aromatic nitrogens is 1. The van der Waals surface area contributed by atoms with E-state index < -0.39 is 10.9 Å². The standard InChI is InChI=1S/C24H18N4O2S/c1-2-28-19-9-5-6-10-20(19)31-21(28)13-17-22(24(30)23(17)29)27-25-14-16-12-11-15-7-3-4-8-18(15)26-16/h3-14,27H,2H2,1H3/b21-13-,25-14+. The molecule has 0 saturated carbocycles. The van der Waals surface area contributed by atoms with E-state index in [1.165, 1.54) is 0 Å². The van der Waals surface area contributed by atoms with E-state index in [1.807, 2.05) is 54.6 Å². The summed E-state index contributed by atoms with van der Waals surface area (Å²) in [5.41, 5.74) is 4.87. The van der Waals surface area contributed by atoms with Gasteiger partial charge in [0.15, 0.2) is 0 Å². The fourth-order valence-electron chi connectivity index (χ4n) is 3.58. The number of hydrazone groups is 1. The van der Waals surface area contributed by atoms with Crippen molar-refractivity contribution in [2.75, 3.05) is 16.9 Å². The van der Waals surface area contributed by atoms with E-state index in [-0.39, 0.29) is 5.69 Å². The Morgan fingerprint density at radius 2 is 1.84 bits per heavy atom. The first kappa shape index (κ1) is 19.3. The molecule has 1 aliphatic rings. The largest absolute Gasteiger partial charge is 0.335 e. The van der Waals surface area contributed by atoms with E-state index in [2.05, 4.69) is 33.4 Å². The first-order valence-electron chi connectivity index (χ1n) is 9.90. The maximum Gasteiger partial charge on any atom is 0.252 e. The van der Waals surface area contributed by atoms with Crippen LogP contribution in [0.25, 0.3) is 17.0 Å². The number of para-hydroxylation sites is 2. The van der Waals surface area contributed by atoms with Crippen LogP contribution in [0.3, 0.4) is 0 Å². The van der Waals surface area contributed by atoms with Gasteiger partial charge in [-0.25, -0.2) is 4.98 Å². The minimum absolute atomic E-state index is 0.210. The molecular formula is C24H18N4O2S. The number of fused-ring (bicyclic) bond motifs is 2. The van der Waals surface area contributed by atoms with Gasteiger partial charge >= 0.3 is 0 Å². The average Bonchev–Trinajstić information content (AvgIpc) is 3.17. The Bertz CT molecular complexity index is 1430. The molecule has 1 aliphatic heterocycles. The molecule has 31 heavy (non-hydrogen) atoms. The molecule has 0 bridgehead atoms. The first-order chi connectivity index (χ1) is 15.2. The fraction of sp³-hybridized carbons (Fsp3) is 0.0833. The highest BCUT2D eigenvalue weighted by Crippen LogP contribution is 2.46. The van der Waals surface area contributed by atoms with Crippen LogP contribution in [0.5, 0.6) is 0 Å². The van der Waals surface area contributed by atoms with Gasteiger partial charge in [-0.15, -0.1) is 0 Å². The number of pyridine rings is 1. The Labute approximate surface area is 182 Å². The monoisotopic (exact) mass is 426 g/mol. The van der Waals surface area contributed by atoms with E-state index >= 15 is 0 Å². The number of rotatable bonds is 5. The van der Waals surface area contributed by atoms with Crippen molar-refractivity contribution in [3.8, 4) is 0 Å². The molecule has 3 aromatic carbocycles. The molecule has 0 unspecified atom stereocenters. The van der Waals surface area contributed by atoms with Gasteiger partial charge in [0.1, 0.15) is 5.69 Å². The highest BCUT2D eigenvalue weighted by atomic mass is 32.2. The van der Waals surface area contributed by atoms with Gasteiger partial charge in [0.2, 0.25) is 5.43 Å². The van der Waals surface area contributed by atoms with Crippen LogP contribution in [0.4, 0.5) is 11.4 Å². The smallest absolute Gasteiger partial charge is 0.252 e. The van der Waals surface area contributed by atoms with Gasteiger partial charge in [-0.2, -0.15) is 5.10 Å². The number of anilines is 2. The van der Waals surface area contributed by atoms with Crippen molar-refractivity contribution in [3.05, 3.63) is 97.4 Å². The Morgan fingerprint density at radius 1 is 1.03 bits per heavy atom. The summed E-state index contributed by atoms with van der Waals surface area (Å²) in [4.78, 5) is 32.1. The number of thioether (sulfide) groups is 1. The molecular weight excluding hydrogens is 408 g/mol. The number of benzene rings is 2. The van der Waals surface area contributed by atoms with Gasteiger partial charge in [-0.1, -0.05) is 48.2 Å². The zero-order valence-electron chi connectivity index (χ0n) is 16.7. The molecule has 6 nitrogen and oxygen atoms in total. The van der Waals surface area contributed by atoms with Crippen LogP contribution < -0.4 is 21.2 Å². The second-order valence-corrected chi connectivity index (χ2v) is 8.10. The molecule has 0 atom stereocenters. The van der Waals surface area contributed by atoms with Crippen molar-refractivity contribution in [1.29, 1.82) is 0 Å². The lowest BCUT2D eigenvalue weighted by Gasteiger charge is -2.18. The molecule has 1 N–H and O–H groups in total. The molecule has 0 radical (unpaired) electrons. The van der Waals surface area contributed by atoms with E-state index in [0.29, 0.717) is 11.3 Å². The maximum absolute atomic E-state index is 12.2. The van der Waals surface area contributed by atoms with Gasteiger partial charge in [0.25, 0.3) is 5.43 Å². The average molecular weight is 427 g/mol. The third kappa shape index (κ3) is 3.43. The summed E-state index contributed by atoms with van der Waals surface area (Å²) < 4.78 is 0. The maximum atomic E-state index is 12.2. The van der Waals surface area contributed by atoms with Gasteiger partial charge in [0.05, 0.1) is 33.7 Å². The predicted octanol–water partition coefficient (Wildman–Crippen LogP) is 4.21. The van der Waals surface area contributed by atoms with Crippen molar-refractivity contribution < 1.29 is 0 Å². The van der Waals surface area contributed by atoms with E-state index in [9.17, 15) is 9.59 Å². The van der Waals surface area contributed by atoms with E-state index in [4.69, 9.17) is 0 Å². The van der Waals surface area contributed by atoms with Crippen LogP contribution in [0.2, 0.25) is 0 Å². The lowest BCUT2D eigenvalue weighted by atomic mass is 10.1. The zero-order valence-corrected chi connectivity index (χ0v) is 17.5. The molecule has 0 aliphatic carbocycles. The molecule has 5 rings (SSSR count). The summed E-state index contributed by atoms with van der Waals surface area (Å²) in [6, 6.07) is 19.7. The summed E-state index contributed by atoms with van der Waals surface area (Å²) in [6.45, 7) is 2.82. The van der Waals surface area contributed by atoms with E-state index in [1.54, 1.807) is 24.1 Å². The summed E-state index contributed by atoms with van der Waals surface area (Å²) in [7, 11) is 0. The number of nitrogens with one attached hydrogen (secondary N) is 1. The molecule has 0 fully saturated rings. The third-order valence-corrected chi connectivity index (χ3v) is 6.27. The molecule has 2 heterocycles. The Balaban J connectivity index is 1.39. The molecule has 152 valence electrons. The van der Waals surface area contributed by atoms with Crippen molar-refractivity contribution in [2.24, 2.45) is 5.10 Å². The van der Waals surface area contributed by atoms with Crippen LogP contribution in [0.15, 0.2) is 85.3 Å². The fourth-order valence-corrected chi connectivity index (χ4v) is 4.75. The zero-order chi connectivity index (χ0) is 21.4. The Kier molecular flexibility index (Phi) is 4.88. The highest BCUT2D eigenvalue weighted by Gasteiger charge is 2.26. The summed E-state index contributed by atoms with van der Waals surface area (Å²) in [6.07, 6.45) is 3.31. The van der Waals surface area contributed by atoms with E-state index in [0.717, 1.165) is 33.1 Å². The summed E-state index contributed by atoms with van der Waals surface area (Å²) in [5.74, 6) is 0. The first-order valence-corrected chi connectivity index (χ1v) is 10.7. The molecule has 0 spiro atoms. The van der Waals surface area contributed by atoms with Crippen LogP contribution in [0.1, 0.15) is 18.2 Å². The van der Waals surface area contributed by atoms with Crippen LogP contribution >= 0.6 is 11.8 Å². The lowest BCUT2D eigenvalue weighted by Crippen LogP contribution is -2.36.